The standard InChI is InChI=1S/C15H21N/c1-15-9-5-4-8-13(15)14(16)10-11-6-2-3-7-12(11)15/h2-3,6-7,13-14H,4-5,8-10,16H2,1H3/t13-,14+,15+/m1/s1. The molecule has 0 radical (unpaired) electrons. The first-order chi connectivity index (χ1) is 7.72. The molecule has 2 aliphatic rings. The highest BCUT2D eigenvalue weighted by atomic mass is 14.7. The molecule has 1 fully saturated rings. The van der Waals surface area contributed by atoms with Gasteiger partial charge in [-0.3, -0.25) is 0 Å². The van der Waals surface area contributed by atoms with E-state index in [1.165, 1.54) is 31.2 Å². The Morgan fingerprint density at radius 1 is 1.25 bits per heavy atom. The fourth-order valence-electron chi connectivity index (χ4n) is 4.03. The summed E-state index contributed by atoms with van der Waals surface area (Å²) in [5.41, 5.74) is 9.82. The van der Waals surface area contributed by atoms with E-state index in [9.17, 15) is 0 Å². The highest BCUT2D eigenvalue weighted by Crippen LogP contribution is 2.49. The Morgan fingerprint density at radius 3 is 2.94 bits per heavy atom. The average Bonchev–Trinajstić information content (AvgIpc) is 2.29. The molecule has 1 saturated carbocycles. The van der Waals surface area contributed by atoms with E-state index in [2.05, 4.69) is 31.2 Å². The molecule has 1 aromatic rings. The highest BCUT2D eigenvalue weighted by molar-refractivity contribution is 5.39. The van der Waals surface area contributed by atoms with Gasteiger partial charge >= 0.3 is 0 Å². The highest BCUT2D eigenvalue weighted by Gasteiger charge is 2.44. The maximum atomic E-state index is 6.39. The summed E-state index contributed by atoms with van der Waals surface area (Å²) >= 11 is 0. The molecule has 2 N–H and O–H groups in total. The van der Waals surface area contributed by atoms with Crippen molar-refractivity contribution < 1.29 is 0 Å². The topological polar surface area (TPSA) is 26.0 Å². The second-order valence-corrected chi connectivity index (χ2v) is 5.79. The zero-order chi connectivity index (χ0) is 11.2. The minimum atomic E-state index is 0.354. The maximum absolute atomic E-state index is 6.39. The van der Waals surface area contributed by atoms with E-state index in [-0.39, 0.29) is 0 Å². The van der Waals surface area contributed by atoms with Gasteiger partial charge in [0.2, 0.25) is 0 Å². The minimum absolute atomic E-state index is 0.354. The second-order valence-electron chi connectivity index (χ2n) is 5.79. The van der Waals surface area contributed by atoms with Crippen molar-refractivity contribution in [2.75, 3.05) is 0 Å². The Hall–Kier alpha value is -0.820. The van der Waals surface area contributed by atoms with Crippen LogP contribution in [0.25, 0.3) is 0 Å². The molecule has 1 nitrogen and oxygen atoms in total. The molecule has 0 amide bonds. The van der Waals surface area contributed by atoms with Gasteiger partial charge < -0.3 is 5.73 Å². The van der Waals surface area contributed by atoms with E-state index in [0.717, 1.165) is 6.42 Å². The first-order valence-corrected chi connectivity index (χ1v) is 6.56. The third-order valence-corrected chi connectivity index (χ3v) is 4.88. The van der Waals surface area contributed by atoms with Gasteiger partial charge in [-0.2, -0.15) is 0 Å². The van der Waals surface area contributed by atoms with Crippen LogP contribution in [0.4, 0.5) is 0 Å². The van der Waals surface area contributed by atoms with Crippen LogP contribution in [0.5, 0.6) is 0 Å². The lowest BCUT2D eigenvalue weighted by Crippen LogP contribution is -2.50. The van der Waals surface area contributed by atoms with Crippen LogP contribution in [0.15, 0.2) is 24.3 Å². The quantitative estimate of drug-likeness (QED) is 0.707. The predicted molar refractivity (Wildman–Crippen MR) is 67.4 cm³/mol. The summed E-state index contributed by atoms with van der Waals surface area (Å²) in [6.07, 6.45) is 6.47. The molecule has 1 heteroatoms. The predicted octanol–water partition coefficient (Wildman–Crippen LogP) is 3.02. The molecular formula is C15H21N. The van der Waals surface area contributed by atoms with Crippen LogP contribution in [0, 0.1) is 5.92 Å². The number of hydrogen-bond donors (Lipinski definition) is 1. The third kappa shape index (κ3) is 1.34. The molecule has 0 heterocycles. The second kappa shape index (κ2) is 3.59. The van der Waals surface area contributed by atoms with Gasteiger partial charge in [0.1, 0.15) is 0 Å². The molecule has 0 aliphatic heterocycles. The number of hydrogen-bond acceptors (Lipinski definition) is 1. The molecular weight excluding hydrogens is 194 g/mol. The largest absolute Gasteiger partial charge is 0.327 e. The minimum Gasteiger partial charge on any atom is -0.327 e. The van der Waals surface area contributed by atoms with Crippen LogP contribution in [-0.4, -0.2) is 6.04 Å². The molecule has 0 aromatic heterocycles. The van der Waals surface area contributed by atoms with Crippen LogP contribution in [0.3, 0.4) is 0 Å². The number of rotatable bonds is 0. The lowest BCUT2D eigenvalue weighted by Gasteiger charge is -2.49. The van der Waals surface area contributed by atoms with Crippen LogP contribution >= 0.6 is 0 Å². The SMILES string of the molecule is C[C@@]12CCCC[C@@H]1[C@@H](N)Cc1ccccc12. The molecule has 0 bridgehead atoms. The normalized spacial score (nSPS) is 37.6. The zero-order valence-electron chi connectivity index (χ0n) is 10.1. The molecule has 3 atom stereocenters. The maximum Gasteiger partial charge on any atom is 0.0116 e. The number of benzene rings is 1. The van der Waals surface area contributed by atoms with E-state index in [4.69, 9.17) is 5.73 Å². The monoisotopic (exact) mass is 215 g/mol. The van der Waals surface area contributed by atoms with Crippen molar-refractivity contribution in [1.29, 1.82) is 0 Å². The van der Waals surface area contributed by atoms with Crippen LogP contribution in [0.1, 0.15) is 43.7 Å². The Bertz CT molecular complexity index is 398. The Morgan fingerprint density at radius 2 is 2.06 bits per heavy atom. The van der Waals surface area contributed by atoms with Crippen LogP contribution < -0.4 is 5.73 Å². The summed E-state index contributed by atoms with van der Waals surface area (Å²) in [5, 5.41) is 0. The summed E-state index contributed by atoms with van der Waals surface area (Å²) in [6, 6.07) is 9.32. The summed E-state index contributed by atoms with van der Waals surface area (Å²) in [4.78, 5) is 0. The summed E-state index contributed by atoms with van der Waals surface area (Å²) in [5.74, 6) is 0.705. The van der Waals surface area contributed by atoms with E-state index in [0.29, 0.717) is 17.4 Å². The molecule has 0 unspecified atom stereocenters. The molecule has 2 aliphatic carbocycles. The van der Waals surface area contributed by atoms with E-state index < -0.39 is 0 Å². The first-order valence-electron chi connectivity index (χ1n) is 6.56. The van der Waals surface area contributed by atoms with Gasteiger partial charge in [0, 0.05) is 6.04 Å². The molecule has 16 heavy (non-hydrogen) atoms. The van der Waals surface area contributed by atoms with Crippen molar-refractivity contribution >= 4 is 0 Å². The van der Waals surface area contributed by atoms with E-state index in [1.807, 2.05) is 0 Å². The van der Waals surface area contributed by atoms with Crippen molar-refractivity contribution in [2.45, 2.75) is 50.5 Å². The van der Waals surface area contributed by atoms with Crippen LogP contribution in [-0.2, 0) is 11.8 Å². The Kier molecular flexibility index (Phi) is 2.32. The van der Waals surface area contributed by atoms with E-state index >= 15 is 0 Å². The lowest BCUT2D eigenvalue weighted by molar-refractivity contribution is 0.156. The van der Waals surface area contributed by atoms with Crippen molar-refractivity contribution in [3.8, 4) is 0 Å². The van der Waals surface area contributed by atoms with Crippen molar-refractivity contribution in [2.24, 2.45) is 11.7 Å². The van der Waals surface area contributed by atoms with Gasteiger partial charge in [0.05, 0.1) is 0 Å². The zero-order valence-corrected chi connectivity index (χ0v) is 10.1. The lowest BCUT2D eigenvalue weighted by atomic mass is 9.57. The smallest absolute Gasteiger partial charge is 0.0116 e. The van der Waals surface area contributed by atoms with Gasteiger partial charge in [-0.1, -0.05) is 44.0 Å². The molecule has 0 spiro atoms. The van der Waals surface area contributed by atoms with Gasteiger partial charge in [-0.05, 0) is 41.7 Å². The summed E-state index contributed by atoms with van der Waals surface area (Å²) in [6.45, 7) is 2.44. The molecule has 3 rings (SSSR count). The first kappa shape index (κ1) is 10.3. The summed E-state index contributed by atoms with van der Waals surface area (Å²) < 4.78 is 0. The van der Waals surface area contributed by atoms with Gasteiger partial charge in [0.15, 0.2) is 0 Å². The van der Waals surface area contributed by atoms with Gasteiger partial charge in [0.25, 0.3) is 0 Å². The molecule has 0 saturated heterocycles. The van der Waals surface area contributed by atoms with Gasteiger partial charge in [-0.15, -0.1) is 0 Å². The van der Waals surface area contributed by atoms with Crippen LogP contribution in [0.2, 0.25) is 0 Å². The average molecular weight is 215 g/mol. The fraction of sp³-hybridized carbons (Fsp3) is 0.600. The van der Waals surface area contributed by atoms with Crippen molar-refractivity contribution in [3.05, 3.63) is 35.4 Å². The number of nitrogens with two attached hydrogens (primary N) is 1. The van der Waals surface area contributed by atoms with Crippen molar-refractivity contribution in [3.63, 3.8) is 0 Å². The molecule has 1 aromatic carbocycles. The van der Waals surface area contributed by atoms with Gasteiger partial charge in [-0.25, -0.2) is 0 Å². The fourth-order valence-corrected chi connectivity index (χ4v) is 4.03. The van der Waals surface area contributed by atoms with Crippen molar-refractivity contribution in [1.82, 2.24) is 0 Å². The Labute approximate surface area is 98.0 Å². The van der Waals surface area contributed by atoms with E-state index in [1.54, 1.807) is 5.56 Å². The summed E-state index contributed by atoms with van der Waals surface area (Å²) in [7, 11) is 0. The number of fused-ring (bicyclic) bond motifs is 3. The third-order valence-electron chi connectivity index (χ3n) is 4.88. The Balaban J connectivity index is 2.12. The molecule has 86 valence electrons.